The van der Waals surface area contributed by atoms with Gasteiger partial charge in [0.05, 0.1) is 5.69 Å². The first-order valence-corrected chi connectivity index (χ1v) is 8.32. The van der Waals surface area contributed by atoms with E-state index < -0.39 is 0 Å². The van der Waals surface area contributed by atoms with Crippen molar-refractivity contribution in [2.75, 3.05) is 37.6 Å². The van der Waals surface area contributed by atoms with Gasteiger partial charge in [-0.3, -0.25) is 14.4 Å². The van der Waals surface area contributed by atoms with Gasteiger partial charge in [0.2, 0.25) is 18.2 Å². The van der Waals surface area contributed by atoms with E-state index >= 15 is 0 Å². The van der Waals surface area contributed by atoms with Crippen LogP contribution in [0.2, 0.25) is 0 Å². The highest BCUT2D eigenvalue weighted by atomic mass is 79.9. The number of rotatable bonds is 5. The summed E-state index contributed by atoms with van der Waals surface area (Å²) in [4.78, 5) is 39.9. The lowest BCUT2D eigenvalue weighted by molar-refractivity contribution is -0.135. The molecule has 0 saturated carbocycles. The highest BCUT2D eigenvalue weighted by molar-refractivity contribution is 9.10. The number of piperazine rings is 1. The zero-order valence-corrected chi connectivity index (χ0v) is 14.7. The van der Waals surface area contributed by atoms with Crippen LogP contribution in [0.15, 0.2) is 28.7 Å². The summed E-state index contributed by atoms with van der Waals surface area (Å²) in [7, 11) is 0. The number of nitrogens with zero attached hydrogens (tertiary/aromatic N) is 3. The maximum absolute atomic E-state index is 12.3. The summed E-state index contributed by atoms with van der Waals surface area (Å²) in [5.74, 6) is -0.0932. The number of benzene rings is 1. The molecule has 6 nitrogen and oxygen atoms in total. The van der Waals surface area contributed by atoms with Crippen LogP contribution in [-0.2, 0) is 14.4 Å². The highest BCUT2D eigenvalue weighted by Crippen LogP contribution is 2.26. The Morgan fingerprint density at radius 2 is 1.87 bits per heavy atom. The summed E-state index contributed by atoms with van der Waals surface area (Å²) in [6, 6.07) is 7.45. The Morgan fingerprint density at radius 1 is 1.22 bits per heavy atom. The second-order valence-electron chi connectivity index (χ2n) is 5.39. The number of hydrogen-bond acceptors (Lipinski definition) is 3. The van der Waals surface area contributed by atoms with Gasteiger partial charge in [-0.25, -0.2) is 0 Å². The van der Waals surface area contributed by atoms with Gasteiger partial charge in [0.1, 0.15) is 0 Å². The molecule has 23 heavy (non-hydrogen) atoms. The smallest absolute Gasteiger partial charge is 0.224 e. The molecule has 0 atom stereocenters. The molecule has 2 rings (SSSR count). The van der Waals surface area contributed by atoms with E-state index in [-0.39, 0.29) is 18.2 Å². The fraction of sp³-hybridized carbons (Fsp3) is 0.438. The first-order chi connectivity index (χ1) is 11.0. The molecule has 1 saturated heterocycles. The molecule has 1 heterocycles. The third-order valence-electron chi connectivity index (χ3n) is 3.89. The Hall–Kier alpha value is -1.89. The summed E-state index contributed by atoms with van der Waals surface area (Å²) in [5, 5.41) is 0. The van der Waals surface area contributed by atoms with Gasteiger partial charge in [-0.15, -0.1) is 0 Å². The number of hydrogen-bond donors (Lipinski definition) is 0. The van der Waals surface area contributed by atoms with Gasteiger partial charge >= 0.3 is 0 Å². The van der Waals surface area contributed by atoms with Gasteiger partial charge < -0.3 is 14.7 Å². The molecule has 1 aliphatic heterocycles. The number of anilines is 1. The van der Waals surface area contributed by atoms with Gasteiger partial charge in [-0.05, 0) is 28.1 Å². The molecule has 1 aromatic carbocycles. The van der Waals surface area contributed by atoms with Crippen molar-refractivity contribution in [3.63, 3.8) is 0 Å². The number of carbonyl (C=O) groups is 3. The van der Waals surface area contributed by atoms with Crippen molar-refractivity contribution in [2.24, 2.45) is 0 Å². The Morgan fingerprint density at radius 3 is 2.43 bits per heavy atom. The van der Waals surface area contributed by atoms with E-state index in [1.54, 1.807) is 14.7 Å². The summed E-state index contributed by atoms with van der Waals surface area (Å²) in [6.07, 6.45) is 1.08. The zero-order valence-electron chi connectivity index (χ0n) is 13.1. The number of amides is 3. The van der Waals surface area contributed by atoms with E-state index in [9.17, 15) is 14.4 Å². The molecule has 0 N–H and O–H groups in total. The number of halogens is 1. The maximum Gasteiger partial charge on any atom is 0.224 e. The van der Waals surface area contributed by atoms with Gasteiger partial charge in [-0.2, -0.15) is 0 Å². The monoisotopic (exact) mass is 381 g/mol. The highest BCUT2D eigenvalue weighted by Gasteiger charge is 2.22. The quantitative estimate of drug-likeness (QED) is 0.726. The predicted molar refractivity (Wildman–Crippen MR) is 91.0 cm³/mol. The van der Waals surface area contributed by atoms with Crippen LogP contribution >= 0.6 is 15.9 Å². The van der Waals surface area contributed by atoms with Crippen molar-refractivity contribution in [1.82, 2.24) is 9.80 Å². The van der Waals surface area contributed by atoms with Crippen LogP contribution < -0.4 is 4.90 Å². The summed E-state index contributed by atoms with van der Waals surface area (Å²) >= 11 is 3.44. The van der Waals surface area contributed by atoms with Crippen molar-refractivity contribution >= 4 is 39.8 Å². The number of carbonyl (C=O) groups excluding carboxylic acids is 3. The van der Waals surface area contributed by atoms with E-state index in [4.69, 9.17) is 0 Å². The topological polar surface area (TPSA) is 60.9 Å². The third kappa shape index (κ3) is 4.54. The number of para-hydroxylation sites is 1. The van der Waals surface area contributed by atoms with E-state index in [1.165, 1.54) is 6.92 Å². The van der Waals surface area contributed by atoms with Crippen LogP contribution in [0.25, 0.3) is 0 Å². The second kappa shape index (κ2) is 8.10. The molecule has 0 aromatic heterocycles. The minimum Gasteiger partial charge on any atom is -0.342 e. The normalized spacial score (nSPS) is 14.5. The molecule has 1 aliphatic rings. The van der Waals surface area contributed by atoms with Crippen LogP contribution in [0.3, 0.4) is 0 Å². The molecule has 0 bridgehead atoms. The van der Waals surface area contributed by atoms with Gasteiger partial charge in [0.25, 0.3) is 0 Å². The Labute approximate surface area is 144 Å². The molecule has 0 aliphatic carbocycles. The van der Waals surface area contributed by atoms with E-state index in [2.05, 4.69) is 15.9 Å². The first-order valence-electron chi connectivity index (χ1n) is 7.52. The SMILES string of the molecule is CC(=O)N(CCC(=O)N1CCN(C=O)CC1)c1ccccc1Br. The van der Waals surface area contributed by atoms with Gasteiger partial charge in [0, 0.05) is 50.5 Å². The van der Waals surface area contributed by atoms with E-state index in [0.29, 0.717) is 32.7 Å². The average molecular weight is 382 g/mol. The molecule has 1 aromatic rings. The predicted octanol–water partition coefficient (Wildman–Crippen LogP) is 1.49. The minimum atomic E-state index is -0.101. The van der Waals surface area contributed by atoms with Crippen molar-refractivity contribution in [3.05, 3.63) is 28.7 Å². The zero-order chi connectivity index (χ0) is 16.8. The van der Waals surface area contributed by atoms with Gasteiger partial charge in [0.15, 0.2) is 0 Å². The van der Waals surface area contributed by atoms with E-state index in [1.807, 2.05) is 24.3 Å². The Kier molecular flexibility index (Phi) is 6.15. The van der Waals surface area contributed by atoms with Gasteiger partial charge in [-0.1, -0.05) is 12.1 Å². The molecule has 3 amide bonds. The molecule has 0 unspecified atom stereocenters. The molecular formula is C16H20BrN3O3. The minimum absolute atomic E-state index is 0.00820. The summed E-state index contributed by atoms with van der Waals surface area (Å²) in [6.45, 7) is 4.06. The largest absolute Gasteiger partial charge is 0.342 e. The van der Waals surface area contributed by atoms with Crippen molar-refractivity contribution in [1.29, 1.82) is 0 Å². The van der Waals surface area contributed by atoms with E-state index in [0.717, 1.165) is 16.6 Å². The average Bonchev–Trinajstić information content (AvgIpc) is 2.56. The molecule has 124 valence electrons. The second-order valence-corrected chi connectivity index (χ2v) is 6.25. The molecule has 7 heteroatoms. The Bertz CT molecular complexity index is 586. The van der Waals surface area contributed by atoms with Crippen LogP contribution in [-0.4, -0.2) is 60.7 Å². The van der Waals surface area contributed by atoms with Crippen molar-refractivity contribution < 1.29 is 14.4 Å². The van der Waals surface area contributed by atoms with Crippen LogP contribution in [0.1, 0.15) is 13.3 Å². The Balaban J connectivity index is 1.94. The lowest BCUT2D eigenvalue weighted by atomic mass is 10.2. The lowest BCUT2D eigenvalue weighted by Gasteiger charge is -2.33. The van der Waals surface area contributed by atoms with Crippen LogP contribution in [0.4, 0.5) is 5.69 Å². The summed E-state index contributed by atoms with van der Waals surface area (Å²) < 4.78 is 0.822. The first kappa shape index (κ1) is 17.5. The van der Waals surface area contributed by atoms with Crippen LogP contribution in [0, 0.1) is 0 Å². The maximum atomic E-state index is 12.3. The van der Waals surface area contributed by atoms with Crippen LogP contribution in [0.5, 0.6) is 0 Å². The standard InChI is InChI=1S/C16H20BrN3O3/c1-13(22)20(15-5-3-2-4-14(15)17)7-6-16(23)19-10-8-18(12-21)9-11-19/h2-5,12H,6-11H2,1H3. The molecule has 0 radical (unpaired) electrons. The fourth-order valence-electron chi connectivity index (χ4n) is 2.56. The fourth-order valence-corrected chi connectivity index (χ4v) is 3.06. The lowest BCUT2D eigenvalue weighted by Crippen LogP contribution is -2.48. The molecular weight excluding hydrogens is 362 g/mol. The van der Waals surface area contributed by atoms with Crippen molar-refractivity contribution in [3.8, 4) is 0 Å². The third-order valence-corrected chi connectivity index (χ3v) is 4.56. The molecule has 0 spiro atoms. The molecule has 1 fully saturated rings. The summed E-state index contributed by atoms with van der Waals surface area (Å²) in [5.41, 5.74) is 0.763. The van der Waals surface area contributed by atoms with Crippen molar-refractivity contribution in [2.45, 2.75) is 13.3 Å².